The molecule has 3 heteroatoms. The molecule has 0 radical (unpaired) electrons. The van der Waals surface area contributed by atoms with Crippen LogP contribution in [0, 0.1) is 0 Å². The number of hydrogen-bond donors (Lipinski definition) is 0. The molecule has 92 valence electrons. The molecule has 0 aliphatic heterocycles. The van der Waals surface area contributed by atoms with Gasteiger partial charge in [0, 0.05) is 23.8 Å². The maximum absolute atomic E-state index is 5.95. The van der Waals surface area contributed by atoms with Gasteiger partial charge in [0.2, 0.25) is 0 Å². The summed E-state index contributed by atoms with van der Waals surface area (Å²) in [4.78, 5) is 5.07. The van der Waals surface area contributed by atoms with E-state index >= 15 is 0 Å². The van der Waals surface area contributed by atoms with Gasteiger partial charge in [-0.25, -0.2) is 0 Å². The Morgan fingerprint density at radius 3 is 2.61 bits per heavy atom. The van der Waals surface area contributed by atoms with Crippen LogP contribution in [0.25, 0.3) is 0 Å². The molecule has 0 saturated heterocycles. The van der Waals surface area contributed by atoms with Crippen molar-refractivity contribution in [3.8, 4) is 0 Å². The Kier molecular flexibility index (Phi) is 4.85. The van der Waals surface area contributed by atoms with Gasteiger partial charge in [0.1, 0.15) is 0 Å². The first-order chi connectivity index (χ1) is 8.74. The fourth-order valence-electron chi connectivity index (χ4n) is 1.80. The van der Waals surface area contributed by atoms with Gasteiger partial charge in [0.05, 0.1) is 0 Å². The van der Waals surface area contributed by atoms with E-state index in [0.29, 0.717) is 0 Å². The molecule has 0 spiro atoms. The van der Waals surface area contributed by atoms with Crippen LogP contribution < -0.4 is 0 Å². The van der Waals surface area contributed by atoms with E-state index < -0.39 is 0 Å². The Labute approximate surface area is 118 Å². The minimum atomic E-state index is 0.768. The lowest BCUT2D eigenvalue weighted by molar-refractivity contribution is 1.02. The van der Waals surface area contributed by atoms with Gasteiger partial charge in [-0.1, -0.05) is 36.0 Å². The molecule has 0 fully saturated rings. The molecule has 1 aromatic heterocycles. The number of hydrogen-bond acceptors (Lipinski definition) is 2. The summed E-state index contributed by atoms with van der Waals surface area (Å²) in [7, 11) is 0. The molecule has 18 heavy (non-hydrogen) atoms. The normalized spacial score (nSPS) is 10.3. The van der Waals surface area contributed by atoms with E-state index in [1.54, 1.807) is 0 Å². The van der Waals surface area contributed by atoms with Gasteiger partial charge in [-0.2, -0.15) is 0 Å². The van der Waals surface area contributed by atoms with E-state index in [-0.39, 0.29) is 0 Å². The van der Waals surface area contributed by atoms with Crippen molar-refractivity contribution in [3.05, 3.63) is 64.9 Å². The van der Waals surface area contributed by atoms with Crippen molar-refractivity contribution < 1.29 is 0 Å². The number of aromatic nitrogens is 1. The molecule has 2 rings (SSSR count). The molecule has 0 aliphatic rings. The van der Waals surface area contributed by atoms with E-state index in [1.165, 1.54) is 11.1 Å². The molecule has 0 unspecified atom stereocenters. The second-order valence-electron chi connectivity index (χ2n) is 4.20. The predicted octanol–water partition coefficient (Wildman–Crippen LogP) is 4.28. The molecule has 1 nitrogen and oxygen atoms in total. The quantitative estimate of drug-likeness (QED) is 0.756. The Balaban J connectivity index is 1.86. The van der Waals surface area contributed by atoms with Crippen LogP contribution in [0.2, 0.25) is 5.02 Å². The van der Waals surface area contributed by atoms with E-state index in [0.717, 1.165) is 29.1 Å². The van der Waals surface area contributed by atoms with Crippen LogP contribution in [0.1, 0.15) is 17.5 Å². The van der Waals surface area contributed by atoms with Crippen molar-refractivity contribution in [2.45, 2.75) is 19.3 Å². The van der Waals surface area contributed by atoms with Gasteiger partial charge in [0.25, 0.3) is 0 Å². The van der Waals surface area contributed by atoms with E-state index in [4.69, 9.17) is 23.8 Å². The second kappa shape index (κ2) is 6.62. The minimum Gasteiger partial charge on any atom is -0.265 e. The Morgan fingerprint density at radius 1 is 1.11 bits per heavy atom. The minimum absolute atomic E-state index is 0.768. The number of aryl methyl sites for hydroxylation is 1. The number of benzene rings is 1. The number of halogens is 1. The van der Waals surface area contributed by atoms with Crippen LogP contribution >= 0.6 is 23.8 Å². The van der Waals surface area contributed by atoms with Crippen molar-refractivity contribution in [1.82, 2.24) is 4.98 Å². The monoisotopic (exact) mass is 275 g/mol. The fraction of sp³-hybridized carbons (Fsp3) is 0.200. The third-order valence-corrected chi connectivity index (χ3v) is 3.32. The topological polar surface area (TPSA) is 12.9 Å². The highest BCUT2D eigenvalue weighted by molar-refractivity contribution is 7.80. The molecule has 1 aromatic carbocycles. The molecule has 0 bridgehead atoms. The number of nitrogens with zero attached hydrogens (tertiary/aromatic N) is 1. The van der Waals surface area contributed by atoms with Crippen molar-refractivity contribution >= 4 is 28.7 Å². The summed E-state index contributed by atoms with van der Waals surface area (Å²) < 4.78 is 0. The van der Waals surface area contributed by atoms with Gasteiger partial charge >= 0.3 is 0 Å². The first-order valence-electron chi connectivity index (χ1n) is 5.89. The predicted molar refractivity (Wildman–Crippen MR) is 80.3 cm³/mol. The lowest BCUT2D eigenvalue weighted by atomic mass is 10.0. The zero-order chi connectivity index (χ0) is 12.8. The maximum atomic E-state index is 5.95. The summed E-state index contributed by atoms with van der Waals surface area (Å²) in [6, 6.07) is 11.9. The average Bonchev–Trinajstić information content (AvgIpc) is 2.38. The van der Waals surface area contributed by atoms with E-state index in [1.807, 2.05) is 42.7 Å². The van der Waals surface area contributed by atoms with Crippen LogP contribution in [0.15, 0.2) is 48.8 Å². The number of pyridine rings is 1. The van der Waals surface area contributed by atoms with Crippen LogP contribution in [0.5, 0.6) is 0 Å². The SMILES string of the molecule is S=C(CCc1ccncc1)Cc1cccc(Cl)c1. The van der Waals surface area contributed by atoms with Crippen LogP contribution in [-0.4, -0.2) is 9.85 Å². The standard InChI is InChI=1S/C15H14ClNS/c16-14-3-1-2-13(10-14)11-15(18)5-4-12-6-8-17-9-7-12/h1-3,6-10H,4-5,11H2. The summed E-state index contributed by atoms with van der Waals surface area (Å²) >= 11 is 11.4. The number of rotatable bonds is 5. The third-order valence-electron chi connectivity index (χ3n) is 2.73. The first-order valence-corrected chi connectivity index (χ1v) is 6.68. The third kappa shape index (κ3) is 4.21. The van der Waals surface area contributed by atoms with Crippen LogP contribution in [0.4, 0.5) is 0 Å². The van der Waals surface area contributed by atoms with E-state index in [9.17, 15) is 0 Å². The largest absolute Gasteiger partial charge is 0.265 e. The van der Waals surface area contributed by atoms with Crippen molar-refractivity contribution in [3.63, 3.8) is 0 Å². The molecular weight excluding hydrogens is 262 g/mol. The molecular formula is C15H14ClNS. The maximum Gasteiger partial charge on any atom is 0.0408 e. The lowest BCUT2D eigenvalue weighted by Crippen LogP contribution is -2.02. The molecule has 0 aliphatic carbocycles. The van der Waals surface area contributed by atoms with Crippen LogP contribution in [0.3, 0.4) is 0 Å². The Morgan fingerprint density at radius 2 is 1.89 bits per heavy atom. The average molecular weight is 276 g/mol. The molecule has 2 aromatic rings. The molecule has 1 heterocycles. The second-order valence-corrected chi connectivity index (χ2v) is 5.21. The van der Waals surface area contributed by atoms with Crippen molar-refractivity contribution in [2.24, 2.45) is 0 Å². The van der Waals surface area contributed by atoms with Gasteiger partial charge in [0.15, 0.2) is 0 Å². The van der Waals surface area contributed by atoms with Gasteiger partial charge < -0.3 is 0 Å². The Bertz CT molecular complexity index is 525. The summed E-state index contributed by atoms with van der Waals surface area (Å²) in [6.07, 6.45) is 6.35. The van der Waals surface area contributed by atoms with Gasteiger partial charge in [-0.15, -0.1) is 0 Å². The fourth-order valence-corrected chi connectivity index (χ4v) is 2.28. The van der Waals surface area contributed by atoms with Crippen LogP contribution in [-0.2, 0) is 12.8 Å². The molecule has 0 atom stereocenters. The highest BCUT2D eigenvalue weighted by Gasteiger charge is 2.01. The molecule has 0 amide bonds. The summed E-state index contributed by atoms with van der Waals surface area (Å²) in [5.74, 6) is 0. The lowest BCUT2D eigenvalue weighted by Gasteiger charge is -2.05. The van der Waals surface area contributed by atoms with E-state index in [2.05, 4.69) is 11.1 Å². The first kappa shape index (κ1) is 13.2. The Hall–Kier alpha value is -1.25. The number of thiocarbonyl (C=S) groups is 1. The van der Waals surface area contributed by atoms with Gasteiger partial charge in [-0.05, 0) is 53.1 Å². The van der Waals surface area contributed by atoms with Crippen molar-refractivity contribution in [2.75, 3.05) is 0 Å². The summed E-state index contributed by atoms with van der Waals surface area (Å²) in [5.41, 5.74) is 2.46. The summed E-state index contributed by atoms with van der Waals surface area (Å²) in [6.45, 7) is 0. The summed E-state index contributed by atoms with van der Waals surface area (Å²) in [5, 5.41) is 0.768. The zero-order valence-electron chi connectivity index (χ0n) is 9.97. The highest BCUT2D eigenvalue weighted by atomic mass is 35.5. The highest BCUT2D eigenvalue weighted by Crippen LogP contribution is 2.13. The van der Waals surface area contributed by atoms with Crippen molar-refractivity contribution in [1.29, 1.82) is 0 Å². The molecule has 0 N–H and O–H groups in total. The zero-order valence-corrected chi connectivity index (χ0v) is 11.5. The smallest absolute Gasteiger partial charge is 0.0408 e. The van der Waals surface area contributed by atoms with Gasteiger partial charge in [-0.3, -0.25) is 4.98 Å². The molecule has 0 saturated carbocycles.